The van der Waals surface area contributed by atoms with E-state index in [0.717, 1.165) is 28.3 Å². The summed E-state index contributed by atoms with van der Waals surface area (Å²) in [6, 6.07) is 18.9. The standard InChI is InChI=1S/C24H26N6O2S/c1-18-16-23(27-20-6-4-19(17-25)5-7-20)28-24(26-18)29(2)12-13-30(14-15-31)33-22-10-8-21(32-3)9-11-22/h4-11,15-16H,12-14H2,1-3H3,(H,26,27,28). The van der Waals surface area contributed by atoms with Crippen LogP contribution in [0.3, 0.4) is 0 Å². The predicted molar refractivity (Wildman–Crippen MR) is 131 cm³/mol. The summed E-state index contributed by atoms with van der Waals surface area (Å²) in [4.78, 5) is 23.4. The van der Waals surface area contributed by atoms with Crippen LogP contribution in [-0.2, 0) is 4.79 Å². The topological polar surface area (TPSA) is 94.4 Å². The molecule has 170 valence electrons. The summed E-state index contributed by atoms with van der Waals surface area (Å²) in [7, 11) is 3.56. The molecular weight excluding hydrogens is 436 g/mol. The number of likely N-dealkylation sites (N-methyl/N-ethyl adjacent to an activating group) is 1. The van der Waals surface area contributed by atoms with Gasteiger partial charge in [-0.3, -0.25) is 0 Å². The smallest absolute Gasteiger partial charge is 0.227 e. The molecule has 0 aliphatic carbocycles. The third kappa shape index (κ3) is 7.20. The second kappa shape index (κ2) is 11.9. The molecule has 0 saturated heterocycles. The first-order valence-electron chi connectivity index (χ1n) is 10.4. The summed E-state index contributed by atoms with van der Waals surface area (Å²) in [5, 5.41) is 12.2. The number of hydrogen-bond acceptors (Lipinski definition) is 9. The second-order valence-electron chi connectivity index (χ2n) is 7.25. The van der Waals surface area contributed by atoms with Gasteiger partial charge < -0.3 is 19.7 Å². The predicted octanol–water partition coefficient (Wildman–Crippen LogP) is 4.05. The number of aromatic nitrogens is 2. The maximum absolute atomic E-state index is 11.2. The van der Waals surface area contributed by atoms with Crippen molar-refractivity contribution in [1.82, 2.24) is 14.3 Å². The number of nitrogens with zero attached hydrogens (tertiary/aromatic N) is 5. The highest BCUT2D eigenvalue weighted by Crippen LogP contribution is 2.25. The number of aldehydes is 1. The lowest BCUT2D eigenvalue weighted by molar-refractivity contribution is -0.107. The van der Waals surface area contributed by atoms with Crippen molar-refractivity contribution < 1.29 is 9.53 Å². The zero-order valence-corrected chi connectivity index (χ0v) is 19.7. The van der Waals surface area contributed by atoms with Crippen LogP contribution in [0.25, 0.3) is 0 Å². The Morgan fingerprint density at radius 3 is 2.48 bits per heavy atom. The monoisotopic (exact) mass is 462 g/mol. The lowest BCUT2D eigenvalue weighted by Crippen LogP contribution is -2.31. The minimum absolute atomic E-state index is 0.310. The number of methoxy groups -OCH3 is 1. The van der Waals surface area contributed by atoms with Gasteiger partial charge in [-0.05, 0) is 67.4 Å². The Kier molecular flexibility index (Phi) is 8.63. The molecule has 2 aromatic carbocycles. The van der Waals surface area contributed by atoms with Gasteiger partial charge in [-0.2, -0.15) is 10.2 Å². The molecule has 0 unspecified atom stereocenters. The normalized spacial score (nSPS) is 10.5. The molecule has 0 radical (unpaired) electrons. The molecule has 0 bridgehead atoms. The van der Waals surface area contributed by atoms with E-state index in [-0.39, 0.29) is 0 Å². The Labute approximate surface area is 198 Å². The van der Waals surface area contributed by atoms with Gasteiger partial charge in [-0.15, -0.1) is 0 Å². The molecule has 3 rings (SSSR count). The molecule has 0 atom stereocenters. The number of ether oxygens (including phenoxy) is 1. The Morgan fingerprint density at radius 1 is 1.12 bits per heavy atom. The fraction of sp³-hybridized carbons (Fsp3) is 0.250. The summed E-state index contributed by atoms with van der Waals surface area (Å²) in [6.07, 6.45) is 0.902. The van der Waals surface area contributed by atoms with Gasteiger partial charge in [0.15, 0.2) is 0 Å². The molecule has 33 heavy (non-hydrogen) atoms. The summed E-state index contributed by atoms with van der Waals surface area (Å²) >= 11 is 1.52. The van der Waals surface area contributed by atoms with Crippen molar-refractivity contribution >= 4 is 35.7 Å². The molecule has 0 saturated carbocycles. The van der Waals surface area contributed by atoms with Crippen molar-refractivity contribution in [3.05, 3.63) is 65.9 Å². The zero-order valence-electron chi connectivity index (χ0n) is 18.9. The van der Waals surface area contributed by atoms with E-state index in [9.17, 15) is 4.79 Å². The van der Waals surface area contributed by atoms with Crippen molar-refractivity contribution in [3.63, 3.8) is 0 Å². The Morgan fingerprint density at radius 2 is 1.85 bits per heavy atom. The van der Waals surface area contributed by atoms with Crippen molar-refractivity contribution in [2.24, 2.45) is 0 Å². The summed E-state index contributed by atoms with van der Waals surface area (Å²) in [5.74, 6) is 2.06. The Balaban J connectivity index is 1.64. The van der Waals surface area contributed by atoms with Crippen molar-refractivity contribution in [3.8, 4) is 11.8 Å². The molecular formula is C24H26N6O2S. The molecule has 1 N–H and O–H groups in total. The van der Waals surface area contributed by atoms with Gasteiger partial charge >= 0.3 is 0 Å². The number of anilines is 3. The van der Waals surface area contributed by atoms with Crippen LogP contribution < -0.4 is 15.0 Å². The number of benzene rings is 2. The van der Waals surface area contributed by atoms with Gasteiger partial charge in [0.1, 0.15) is 17.9 Å². The lowest BCUT2D eigenvalue weighted by atomic mass is 10.2. The largest absolute Gasteiger partial charge is 0.497 e. The van der Waals surface area contributed by atoms with Crippen LogP contribution in [0.5, 0.6) is 5.75 Å². The molecule has 1 aromatic heterocycles. The van der Waals surface area contributed by atoms with Crippen LogP contribution in [0.1, 0.15) is 11.3 Å². The fourth-order valence-electron chi connectivity index (χ4n) is 2.97. The Bertz CT molecular complexity index is 1100. The molecule has 8 nitrogen and oxygen atoms in total. The Hall–Kier alpha value is -3.61. The molecule has 3 aromatic rings. The summed E-state index contributed by atoms with van der Waals surface area (Å²) < 4.78 is 7.20. The zero-order chi connectivity index (χ0) is 23.6. The van der Waals surface area contributed by atoms with Gasteiger partial charge in [0, 0.05) is 42.5 Å². The van der Waals surface area contributed by atoms with Gasteiger partial charge in [-0.1, -0.05) is 0 Å². The second-order valence-corrected chi connectivity index (χ2v) is 8.42. The first-order chi connectivity index (χ1) is 16.0. The van der Waals surface area contributed by atoms with Crippen LogP contribution in [0.15, 0.2) is 59.5 Å². The third-order valence-electron chi connectivity index (χ3n) is 4.73. The van der Waals surface area contributed by atoms with Gasteiger partial charge in [0.2, 0.25) is 5.95 Å². The van der Waals surface area contributed by atoms with Crippen molar-refractivity contribution in [1.29, 1.82) is 5.26 Å². The minimum Gasteiger partial charge on any atom is -0.497 e. The van der Waals surface area contributed by atoms with Gasteiger partial charge in [-0.25, -0.2) is 9.29 Å². The van der Waals surface area contributed by atoms with E-state index >= 15 is 0 Å². The van der Waals surface area contributed by atoms with Gasteiger partial charge in [0.25, 0.3) is 0 Å². The maximum Gasteiger partial charge on any atom is 0.227 e. The van der Waals surface area contributed by atoms with Crippen molar-refractivity contribution in [2.45, 2.75) is 11.8 Å². The molecule has 0 aliphatic heterocycles. The highest BCUT2D eigenvalue weighted by Gasteiger charge is 2.12. The third-order valence-corrected chi connectivity index (χ3v) is 5.80. The van der Waals surface area contributed by atoms with E-state index in [1.807, 2.05) is 65.6 Å². The average molecular weight is 463 g/mol. The molecule has 0 aliphatic rings. The van der Waals surface area contributed by atoms with Crippen LogP contribution in [0, 0.1) is 18.3 Å². The number of rotatable bonds is 11. The van der Waals surface area contributed by atoms with Crippen LogP contribution >= 0.6 is 11.9 Å². The molecule has 0 amide bonds. The molecule has 9 heteroatoms. The first-order valence-corrected chi connectivity index (χ1v) is 11.1. The maximum atomic E-state index is 11.2. The van der Waals surface area contributed by atoms with E-state index in [1.165, 1.54) is 11.9 Å². The van der Waals surface area contributed by atoms with Crippen molar-refractivity contribution in [2.75, 3.05) is 44.0 Å². The minimum atomic E-state index is 0.310. The van der Waals surface area contributed by atoms with Crippen LogP contribution in [0.2, 0.25) is 0 Å². The van der Waals surface area contributed by atoms with Crippen LogP contribution in [0.4, 0.5) is 17.5 Å². The van der Waals surface area contributed by atoms with E-state index in [0.29, 0.717) is 37.0 Å². The van der Waals surface area contributed by atoms with E-state index < -0.39 is 0 Å². The first kappa shape index (κ1) is 24.0. The van der Waals surface area contributed by atoms with Crippen LogP contribution in [-0.4, -0.2) is 54.4 Å². The number of aryl methyl sites for hydroxylation is 1. The molecule has 1 heterocycles. The fourth-order valence-corrected chi connectivity index (χ4v) is 3.83. The van der Waals surface area contributed by atoms with E-state index in [4.69, 9.17) is 10.00 Å². The number of carbonyl (C=O) groups is 1. The van der Waals surface area contributed by atoms with E-state index in [1.54, 1.807) is 19.2 Å². The SMILES string of the molecule is COc1ccc(SN(CC=O)CCN(C)c2nc(C)cc(Nc3ccc(C#N)cc3)n2)cc1. The number of nitrogens with one attached hydrogen (secondary N) is 1. The highest BCUT2D eigenvalue weighted by molar-refractivity contribution is 7.97. The van der Waals surface area contributed by atoms with E-state index in [2.05, 4.69) is 21.4 Å². The average Bonchev–Trinajstić information content (AvgIpc) is 2.83. The highest BCUT2D eigenvalue weighted by atomic mass is 32.2. The molecule has 0 spiro atoms. The van der Waals surface area contributed by atoms with Gasteiger partial charge in [0.05, 0.1) is 25.3 Å². The quantitative estimate of drug-likeness (QED) is 0.334. The number of nitriles is 1. The molecule has 0 fully saturated rings. The lowest BCUT2D eigenvalue weighted by Gasteiger charge is -2.23. The summed E-state index contributed by atoms with van der Waals surface area (Å²) in [6.45, 7) is 3.50. The number of carbonyl (C=O) groups excluding carboxylic acids is 1. The number of hydrogen-bond donors (Lipinski definition) is 1. The summed E-state index contributed by atoms with van der Waals surface area (Å²) in [5.41, 5.74) is 2.28.